The quantitative estimate of drug-likeness (QED) is 0.366. The van der Waals surface area contributed by atoms with Crippen LogP contribution < -0.4 is 5.43 Å². The first kappa shape index (κ1) is 22.8. The Morgan fingerprint density at radius 2 is 2.00 bits per heavy atom. The fourth-order valence-corrected chi connectivity index (χ4v) is 5.83. The smallest absolute Gasteiger partial charge is 0.243 e. The number of halogens is 2. The van der Waals surface area contributed by atoms with Crippen molar-refractivity contribution in [1.29, 1.82) is 0 Å². The van der Waals surface area contributed by atoms with Crippen molar-refractivity contribution in [2.24, 2.45) is 11.0 Å². The highest BCUT2D eigenvalue weighted by atomic mass is 35.5. The fraction of sp³-hybridized carbons (Fsp3) is 0.273. The summed E-state index contributed by atoms with van der Waals surface area (Å²) in [5, 5.41) is 6.57. The van der Waals surface area contributed by atoms with Crippen LogP contribution in [0.3, 0.4) is 0 Å². The van der Waals surface area contributed by atoms with E-state index in [1.165, 1.54) is 29.7 Å². The van der Waals surface area contributed by atoms with Gasteiger partial charge in [-0.25, -0.2) is 17.8 Å². The number of sulfonamides is 1. The van der Waals surface area contributed by atoms with Crippen molar-refractivity contribution in [2.75, 3.05) is 18.5 Å². The molecule has 1 aliphatic heterocycles. The number of hydrogen-bond donors (Lipinski definition) is 1. The Morgan fingerprint density at radius 3 is 2.75 bits per heavy atom. The van der Waals surface area contributed by atoms with Gasteiger partial charge in [0.1, 0.15) is 5.82 Å². The molecule has 0 unspecified atom stereocenters. The molecule has 0 bridgehead atoms. The van der Waals surface area contributed by atoms with Crippen LogP contribution in [0.4, 0.5) is 9.52 Å². The maximum absolute atomic E-state index is 13.8. The zero-order chi connectivity index (χ0) is 22.7. The highest BCUT2D eigenvalue weighted by molar-refractivity contribution is 7.89. The van der Waals surface area contributed by atoms with E-state index >= 15 is 0 Å². The van der Waals surface area contributed by atoms with Crippen LogP contribution in [0.5, 0.6) is 0 Å². The van der Waals surface area contributed by atoms with E-state index in [4.69, 9.17) is 11.6 Å². The average Bonchev–Trinajstić information content (AvgIpc) is 3.25. The first-order chi connectivity index (χ1) is 15.3. The van der Waals surface area contributed by atoms with Gasteiger partial charge in [-0.1, -0.05) is 36.7 Å². The van der Waals surface area contributed by atoms with Crippen LogP contribution in [-0.2, 0) is 10.0 Å². The Bertz CT molecular complexity index is 1220. The second-order valence-electron chi connectivity index (χ2n) is 7.66. The Labute approximate surface area is 195 Å². The van der Waals surface area contributed by atoms with Crippen molar-refractivity contribution in [3.05, 3.63) is 64.2 Å². The molecular weight excluding hydrogens is 471 g/mol. The highest BCUT2D eigenvalue weighted by Gasteiger charge is 2.28. The summed E-state index contributed by atoms with van der Waals surface area (Å²) in [5.74, 6) is 0.0786. The summed E-state index contributed by atoms with van der Waals surface area (Å²) in [7, 11) is -3.54. The van der Waals surface area contributed by atoms with E-state index in [-0.39, 0.29) is 15.5 Å². The van der Waals surface area contributed by atoms with Gasteiger partial charge < -0.3 is 0 Å². The van der Waals surface area contributed by atoms with E-state index < -0.39 is 15.8 Å². The van der Waals surface area contributed by atoms with E-state index in [1.807, 2.05) is 11.4 Å². The molecule has 1 aromatic heterocycles. The van der Waals surface area contributed by atoms with E-state index in [2.05, 4.69) is 22.4 Å². The normalized spacial score (nSPS) is 16.0. The summed E-state index contributed by atoms with van der Waals surface area (Å²) >= 11 is 7.29. The fourth-order valence-electron chi connectivity index (χ4n) is 3.43. The molecule has 1 fully saturated rings. The third kappa shape index (κ3) is 5.01. The lowest BCUT2D eigenvalue weighted by atomic mass is 10.0. The summed E-state index contributed by atoms with van der Waals surface area (Å²) in [6.45, 7) is 3.23. The Kier molecular flexibility index (Phi) is 6.90. The van der Waals surface area contributed by atoms with E-state index in [0.717, 1.165) is 12.8 Å². The Morgan fingerprint density at radius 1 is 1.25 bits per heavy atom. The van der Waals surface area contributed by atoms with Crippen LogP contribution in [-0.4, -0.2) is 37.0 Å². The minimum atomic E-state index is -3.54. The largest absolute Gasteiger partial charge is 0.253 e. The van der Waals surface area contributed by atoms with Gasteiger partial charge in [-0.2, -0.15) is 9.41 Å². The summed E-state index contributed by atoms with van der Waals surface area (Å²) in [4.78, 5) is 4.72. The van der Waals surface area contributed by atoms with Gasteiger partial charge in [0, 0.05) is 29.6 Å². The van der Waals surface area contributed by atoms with Crippen LogP contribution >= 0.6 is 22.9 Å². The number of thiazole rings is 1. The van der Waals surface area contributed by atoms with Crippen molar-refractivity contribution in [3.63, 3.8) is 0 Å². The third-order valence-corrected chi connectivity index (χ3v) is 8.34. The maximum Gasteiger partial charge on any atom is 0.243 e. The number of nitrogens with zero attached hydrogens (tertiary/aromatic N) is 3. The molecule has 0 atom stereocenters. The first-order valence-electron chi connectivity index (χ1n) is 10.1. The Balaban J connectivity index is 1.49. The molecule has 1 N–H and O–H groups in total. The second kappa shape index (κ2) is 9.66. The van der Waals surface area contributed by atoms with Gasteiger partial charge in [-0.15, -0.1) is 11.3 Å². The van der Waals surface area contributed by atoms with Gasteiger partial charge in [0.15, 0.2) is 0 Å². The van der Waals surface area contributed by atoms with Crippen molar-refractivity contribution in [3.8, 4) is 11.3 Å². The molecule has 4 rings (SSSR count). The third-order valence-electron chi connectivity index (χ3n) is 5.37. The monoisotopic (exact) mass is 492 g/mol. The molecule has 2 aromatic carbocycles. The van der Waals surface area contributed by atoms with Crippen LogP contribution in [0, 0.1) is 11.7 Å². The molecule has 0 radical (unpaired) electrons. The zero-order valence-electron chi connectivity index (χ0n) is 17.3. The van der Waals surface area contributed by atoms with Crippen LogP contribution in [0.1, 0.15) is 25.3 Å². The minimum Gasteiger partial charge on any atom is -0.253 e. The standard InChI is InChI=1S/C22H22ClFN4O2S2/c1-15-8-10-28(11-9-15)32(29,30)17-5-2-4-16(12-17)21-14-31-22(26-21)27-25-13-18-19(23)6-3-7-20(18)24/h2-7,12-15H,8-11H2,1H3,(H,26,27). The number of benzene rings is 2. The predicted octanol–water partition coefficient (Wildman–Crippen LogP) is 5.47. The number of rotatable bonds is 6. The molecule has 168 valence electrons. The lowest BCUT2D eigenvalue weighted by Crippen LogP contribution is -2.37. The molecule has 0 amide bonds. The summed E-state index contributed by atoms with van der Waals surface area (Å²) < 4.78 is 41.5. The molecule has 10 heteroatoms. The molecular formula is C22H22ClFN4O2S2. The molecule has 6 nitrogen and oxygen atoms in total. The van der Waals surface area contributed by atoms with E-state index in [9.17, 15) is 12.8 Å². The van der Waals surface area contributed by atoms with Gasteiger partial charge in [0.2, 0.25) is 15.2 Å². The SMILES string of the molecule is CC1CCN(S(=O)(=O)c2cccc(-c3csc(NN=Cc4c(F)cccc4Cl)n3)c2)CC1. The second-order valence-corrected chi connectivity index (χ2v) is 10.9. The highest BCUT2D eigenvalue weighted by Crippen LogP contribution is 2.29. The molecule has 1 saturated heterocycles. The van der Waals surface area contributed by atoms with Gasteiger partial charge in [0.25, 0.3) is 0 Å². The molecule has 0 aliphatic carbocycles. The molecule has 2 heterocycles. The van der Waals surface area contributed by atoms with E-state index in [1.54, 1.807) is 28.6 Å². The van der Waals surface area contributed by atoms with Gasteiger partial charge in [-0.05, 0) is 43.0 Å². The van der Waals surface area contributed by atoms with Gasteiger partial charge >= 0.3 is 0 Å². The topological polar surface area (TPSA) is 74.7 Å². The van der Waals surface area contributed by atoms with Crippen LogP contribution in [0.2, 0.25) is 5.02 Å². The van der Waals surface area contributed by atoms with Crippen molar-refractivity contribution >= 4 is 44.3 Å². The predicted molar refractivity (Wildman–Crippen MR) is 127 cm³/mol. The van der Waals surface area contributed by atoms with Crippen LogP contribution in [0.25, 0.3) is 11.3 Å². The molecule has 3 aromatic rings. The maximum atomic E-state index is 13.8. The van der Waals surface area contributed by atoms with Gasteiger partial charge in [0.05, 0.1) is 21.8 Å². The number of aromatic nitrogens is 1. The number of piperidine rings is 1. The minimum absolute atomic E-state index is 0.184. The van der Waals surface area contributed by atoms with Gasteiger partial charge in [-0.3, -0.25) is 5.43 Å². The summed E-state index contributed by atoms with van der Waals surface area (Å²) in [6, 6.07) is 11.2. The molecule has 0 saturated carbocycles. The number of nitrogens with one attached hydrogen (secondary N) is 1. The van der Waals surface area contributed by atoms with Crippen molar-refractivity contribution in [1.82, 2.24) is 9.29 Å². The Hall–Kier alpha value is -2.33. The van der Waals surface area contributed by atoms with Crippen molar-refractivity contribution in [2.45, 2.75) is 24.7 Å². The number of hydrazone groups is 1. The molecule has 1 aliphatic rings. The van der Waals surface area contributed by atoms with E-state index in [0.29, 0.717) is 35.4 Å². The first-order valence-corrected chi connectivity index (χ1v) is 12.8. The molecule has 0 spiro atoms. The molecule has 32 heavy (non-hydrogen) atoms. The van der Waals surface area contributed by atoms with Crippen LogP contribution in [0.15, 0.2) is 57.8 Å². The lowest BCUT2D eigenvalue weighted by Gasteiger charge is -2.29. The number of anilines is 1. The van der Waals surface area contributed by atoms with Crippen molar-refractivity contribution < 1.29 is 12.8 Å². The number of hydrogen-bond acceptors (Lipinski definition) is 6. The summed E-state index contributed by atoms with van der Waals surface area (Å²) in [5.41, 5.74) is 4.27. The zero-order valence-corrected chi connectivity index (χ0v) is 19.7. The lowest BCUT2D eigenvalue weighted by molar-refractivity contribution is 0.288. The summed E-state index contributed by atoms with van der Waals surface area (Å²) in [6.07, 6.45) is 3.04. The average molecular weight is 493 g/mol.